The van der Waals surface area contributed by atoms with Gasteiger partial charge in [0.1, 0.15) is 0 Å². The van der Waals surface area contributed by atoms with Crippen LogP contribution in [0.1, 0.15) is 0 Å². The van der Waals surface area contributed by atoms with Crippen LogP contribution in [0.25, 0.3) is 0 Å². The van der Waals surface area contributed by atoms with Crippen LogP contribution < -0.4 is 10.3 Å². The Bertz CT molecular complexity index is 270. The Labute approximate surface area is 73.0 Å². The summed E-state index contributed by atoms with van der Waals surface area (Å²) in [4.78, 5) is 2.97. The van der Waals surface area contributed by atoms with Gasteiger partial charge >= 0.3 is 0 Å². The van der Waals surface area contributed by atoms with Gasteiger partial charge in [-0.15, -0.1) is 10.2 Å². The maximum atomic E-state index is 5.74. The van der Waals surface area contributed by atoms with Gasteiger partial charge in [0.15, 0.2) is 22.4 Å². The van der Waals surface area contributed by atoms with E-state index in [0.717, 1.165) is 0 Å². The van der Waals surface area contributed by atoms with Gasteiger partial charge in [-0.3, -0.25) is 10.3 Å². The normalized spacial score (nSPS) is 34.0. The van der Waals surface area contributed by atoms with Crippen LogP contribution in [0.2, 0.25) is 0 Å². The summed E-state index contributed by atoms with van der Waals surface area (Å²) in [6.07, 6.45) is 1.69. The molecule has 2 aliphatic rings. The molecule has 0 saturated carbocycles. The fourth-order valence-electron chi connectivity index (χ4n) is 1.05. The summed E-state index contributed by atoms with van der Waals surface area (Å²) in [7, 11) is 0. The van der Waals surface area contributed by atoms with Crippen LogP contribution in [-0.4, -0.2) is 28.8 Å². The van der Waals surface area contributed by atoms with E-state index in [4.69, 9.17) is 23.2 Å². The minimum absolute atomic E-state index is 0.0540. The SMILES string of the molecule is ClC1=NN=C(Cl)[C@@H]2NC=[NH+][C@H]12. The highest BCUT2D eigenvalue weighted by Gasteiger charge is 2.39. The van der Waals surface area contributed by atoms with E-state index in [1.54, 1.807) is 6.34 Å². The molecule has 2 heterocycles. The summed E-state index contributed by atoms with van der Waals surface area (Å²) in [5.74, 6) is 0. The largest absolute Gasteiger partial charge is 0.267 e. The number of halogens is 2. The second-order valence-corrected chi connectivity index (χ2v) is 3.05. The van der Waals surface area contributed by atoms with Crippen molar-refractivity contribution in [3.63, 3.8) is 0 Å². The molecule has 0 saturated heterocycles. The number of nitrogens with zero attached hydrogens (tertiary/aromatic N) is 2. The van der Waals surface area contributed by atoms with Gasteiger partial charge in [-0.2, -0.15) is 0 Å². The van der Waals surface area contributed by atoms with Gasteiger partial charge in [-0.05, 0) is 0 Å². The molecule has 0 radical (unpaired) electrons. The average Bonchev–Trinajstić information content (AvgIpc) is 2.45. The van der Waals surface area contributed by atoms with Gasteiger partial charge in [-0.1, -0.05) is 23.2 Å². The maximum Gasteiger partial charge on any atom is 0.231 e. The third-order valence-electron chi connectivity index (χ3n) is 1.61. The first-order valence-corrected chi connectivity index (χ1v) is 3.85. The number of nitrogens with one attached hydrogen (secondary N) is 2. The lowest BCUT2D eigenvalue weighted by molar-refractivity contribution is -0.466. The minimum atomic E-state index is -0.0540. The average molecular weight is 192 g/mol. The van der Waals surface area contributed by atoms with E-state index in [-0.39, 0.29) is 12.1 Å². The second kappa shape index (κ2) is 2.46. The summed E-state index contributed by atoms with van der Waals surface area (Å²) in [5.41, 5.74) is 0. The third-order valence-corrected chi connectivity index (χ3v) is 2.23. The molecule has 58 valence electrons. The summed E-state index contributed by atoms with van der Waals surface area (Å²) >= 11 is 11.5. The molecule has 0 amide bonds. The van der Waals surface area contributed by atoms with Crippen LogP contribution in [0.3, 0.4) is 0 Å². The van der Waals surface area contributed by atoms with E-state index >= 15 is 0 Å². The molecule has 0 aromatic carbocycles. The monoisotopic (exact) mass is 191 g/mol. The first-order valence-electron chi connectivity index (χ1n) is 3.09. The zero-order valence-corrected chi connectivity index (χ0v) is 6.89. The number of fused-ring (bicyclic) bond motifs is 1. The van der Waals surface area contributed by atoms with Gasteiger partial charge < -0.3 is 0 Å². The van der Waals surface area contributed by atoms with E-state index in [2.05, 4.69) is 20.5 Å². The molecule has 0 aromatic rings. The molecule has 6 heteroatoms. The second-order valence-electron chi connectivity index (χ2n) is 2.28. The van der Waals surface area contributed by atoms with Crippen LogP contribution >= 0.6 is 23.2 Å². The Morgan fingerprint density at radius 3 is 2.82 bits per heavy atom. The van der Waals surface area contributed by atoms with Crippen LogP contribution in [0.5, 0.6) is 0 Å². The highest BCUT2D eigenvalue weighted by atomic mass is 35.5. The van der Waals surface area contributed by atoms with Crippen LogP contribution in [0.15, 0.2) is 10.2 Å². The fourth-order valence-corrected chi connectivity index (χ4v) is 1.51. The van der Waals surface area contributed by atoms with Crippen molar-refractivity contribution in [3.8, 4) is 0 Å². The molecule has 2 aliphatic heterocycles. The lowest BCUT2D eigenvalue weighted by Gasteiger charge is -2.12. The van der Waals surface area contributed by atoms with E-state index in [0.29, 0.717) is 10.3 Å². The fraction of sp³-hybridized carbons (Fsp3) is 0.400. The van der Waals surface area contributed by atoms with Gasteiger partial charge in [-0.25, -0.2) is 0 Å². The van der Waals surface area contributed by atoms with E-state index in [1.165, 1.54) is 0 Å². The smallest absolute Gasteiger partial charge is 0.231 e. The molecule has 11 heavy (non-hydrogen) atoms. The first-order chi connectivity index (χ1) is 5.29. The number of hydrogen-bond acceptors (Lipinski definition) is 3. The molecule has 0 aliphatic carbocycles. The van der Waals surface area contributed by atoms with Gasteiger partial charge in [0.05, 0.1) is 0 Å². The van der Waals surface area contributed by atoms with Gasteiger partial charge in [0, 0.05) is 0 Å². The summed E-state index contributed by atoms with van der Waals surface area (Å²) < 4.78 is 0. The number of hydrogen-bond donors (Lipinski definition) is 2. The van der Waals surface area contributed by atoms with Gasteiger partial charge in [0.2, 0.25) is 6.34 Å². The van der Waals surface area contributed by atoms with E-state index in [9.17, 15) is 0 Å². The van der Waals surface area contributed by atoms with Crippen molar-refractivity contribution in [1.29, 1.82) is 0 Å². The molecular formula is C5H5Cl2N4+. The quantitative estimate of drug-likeness (QED) is 0.489. The molecule has 2 atom stereocenters. The lowest BCUT2D eigenvalue weighted by Crippen LogP contribution is -2.78. The van der Waals surface area contributed by atoms with Crippen molar-refractivity contribution in [2.24, 2.45) is 10.2 Å². The first kappa shape index (κ1) is 7.06. The Morgan fingerprint density at radius 1 is 1.36 bits per heavy atom. The molecule has 2 rings (SSSR count). The molecule has 0 bridgehead atoms. The number of rotatable bonds is 0. The summed E-state index contributed by atoms with van der Waals surface area (Å²) in [6, 6.07) is -0.108. The summed E-state index contributed by atoms with van der Waals surface area (Å²) in [5, 5.41) is 11.2. The minimum Gasteiger partial charge on any atom is -0.267 e. The van der Waals surface area contributed by atoms with Crippen molar-refractivity contribution >= 4 is 39.9 Å². The van der Waals surface area contributed by atoms with Gasteiger partial charge in [0.25, 0.3) is 0 Å². The molecule has 2 N–H and O–H groups in total. The van der Waals surface area contributed by atoms with Crippen LogP contribution in [0, 0.1) is 0 Å². The lowest BCUT2D eigenvalue weighted by atomic mass is 10.1. The predicted molar refractivity (Wildman–Crippen MR) is 44.3 cm³/mol. The standard InChI is InChI=1S/C5H4Cl2N4/c6-4-2-3(9-1-8-2)5(7)11-10-4/h1-3H,(H,8,9)/p+1/t2-,3+. The zero-order valence-electron chi connectivity index (χ0n) is 5.38. The van der Waals surface area contributed by atoms with Crippen molar-refractivity contribution < 1.29 is 4.99 Å². The zero-order chi connectivity index (χ0) is 7.84. The van der Waals surface area contributed by atoms with E-state index < -0.39 is 0 Å². The topological polar surface area (TPSA) is 50.7 Å². The van der Waals surface area contributed by atoms with Crippen molar-refractivity contribution in [2.75, 3.05) is 0 Å². The predicted octanol–water partition coefficient (Wildman–Crippen LogP) is -1.36. The highest BCUT2D eigenvalue weighted by molar-refractivity contribution is 6.71. The Hall–Kier alpha value is -0.610. The molecule has 4 nitrogen and oxygen atoms in total. The molecular weight excluding hydrogens is 187 g/mol. The van der Waals surface area contributed by atoms with Crippen LogP contribution in [0.4, 0.5) is 0 Å². The van der Waals surface area contributed by atoms with E-state index in [1.807, 2.05) is 0 Å². The molecule has 0 spiro atoms. The Morgan fingerprint density at radius 2 is 2.09 bits per heavy atom. The molecule has 0 fully saturated rings. The van der Waals surface area contributed by atoms with Crippen molar-refractivity contribution in [2.45, 2.75) is 12.1 Å². The van der Waals surface area contributed by atoms with Crippen molar-refractivity contribution in [1.82, 2.24) is 5.32 Å². The Balaban J connectivity index is 2.35. The highest BCUT2D eigenvalue weighted by Crippen LogP contribution is 2.09. The van der Waals surface area contributed by atoms with Crippen LogP contribution in [-0.2, 0) is 0 Å². The Kier molecular flexibility index (Phi) is 1.58. The molecule has 0 unspecified atom stereocenters. The third kappa shape index (κ3) is 1.02. The van der Waals surface area contributed by atoms with Crippen molar-refractivity contribution in [3.05, 3.63) is 0 Å². The maximum absolute atomic E-state index is 5.74. The molecule has 0 aromatic heterocycles. The summed E-state index contributed by atoms with van der Waals surface area (Å²) in [6.45, 7) is 0.